The largest absolute Gasteiger partial charge is 0.352 e. The number of carbonyl (C=O) groups excluding carboxylic acids is 1. The molecule has 0 heterocycles. The summed E-state index contributed by atoms with van der Waals surface area (Å²) in [4.78, 5) is 11.8. The number of nitrogens with one attached hydrogen (secondary N) is 1. The molecule has 1 amide bonds. The van der Waals surface area contributed by atoms with Crippen molar-refractivity contribution < 1.29 is 4.79 Å². The van der Waals surface area contributed by atoms with E-state index in [0.717, 1.165) is 19.3 Å². The smallest absolute Gasteiger partial charge is 0.252 e. The zero-order valence-corrected chi connectivity index (χ0v) is 11.6. The highest BCUT2D eigenvalue weighted by Gasteiger charge is 2.09. The molecule has 17 heavy (non-hydrogen) atoms. The van der Waals surface area contributed by atoms with Crippen molar-refractivity contribution in [2.75, 3.05) is 6.54 Å². The molecule has 0 fully saturated rings. The third-order valence-corrected chi connectivity index (χ3v) is 3.10. The lowest BCUT2D eigenvalue weighted by Gasteiger charge is -2.06. The average Bonchev–Trinajstić information content (AvgIpc) is 2.28. The molecule has 0 radical (unpaired) electrons. The van der Waals surface area contributed by atoms with E-state index in [2.05, 4.69) is 27.2 Å². The number of benzene rings is 1. The van der Waals surface area contributed by atoms with E-state index in [-0.39, 0.29) is 5.91 Å². The van der Waals surface area contributed by atoms with Crippen LogP contribution in [0, 0.1) is 12.3 Å². The van der Waals surface area contributed by atoms with Crippen molar-refractivity contribution in [2.45, 2.75) is 19.3 Å². The Morgan fingerprint density at radius 1 is 1.47 bits per heavy atom. The van der Waals surface area contributed by atoms with Crippen LogP contribution >= 0.6 is 27.5 Å². The van der Waals surface area contributed by atoms with Crippen LogP contribution in [-0.4, -0.2) is 12.5 Å². The Balaban J connectivity index is 2.45. The van der Waals surface area contributed by atoms with Crippen LogP contribution in [0.15, 0.2) is 22.7 Å². The molecule has 4 heteroatoms. The highest BCUT2D eigenvalue weighted by molar-refractivity contribution is 9.10. The summed E-state index contributed by atoms with van der Waals surface area (Å²) in [5.41, 5.74) is 0.589. The number of hydrogen-bond donors (Lipinski definition) is 1. The third-order valence-electron chi connectivity index (χ3n) is 2.21. The fourth-order valence-electron chi connectivity index (χ4n) is 1.32. The molecule has 90 valence electrons. The van der Waals surface area contributed by atoms with E-state index in [1.54, 1.807) is 18.2 Å². The average molecular weight is 315 g/mol. The van der Waals surface area contributed by atoms with E-state index in [1.165, 1.54) is 0 Å². The molecule has 2 nitrogen and oxygen atoms in total. The summed E-state index contributed by atoms with van der Waals surface area (Å²) >= 11 is 9.11. The van der Waals surface area contributed by atoms with E-state index in [9.17, 15) is 4.79 Å². The van der Waals surface area contributed by atoms with Crippen molar-refractivity contribution in [3.8, 4) is 12.3 Å². The van der Waals surface area contributed by atoms with E-state index in [4.69, 9.17) is 18.0 Å². The lowest BCUT2D eigenvalue weighted by Crippen LogP contribution is -2.24. The van der Waals surface area contributed by atoms with Gasteiger partial charge in [-0.15, -0.1) is 12.3 Å². The van der Waals surface area contributed by atoms with E-state index < -0.39 is 0 Å². The molecular weight excluding hydrogens is 302 g/mol. The zero-order valence-electron chi connectivity index (χ0n) is 9.30. The molecule has 1 rings (SSSR count). The van der Waals surface area contributed by atoms with Crippen molar-refractivity contribution in [3.05, 3.63) is 33.3 Å². The lowest BCUT2D eigenvalue weighted by molar-refractivity contribution is 0.0952. The summed E-state index contributed by atoms with van der Waals surface area (Å²) in [6, 6.07) is 5.09. The molecule has 0 aromatic heterocycles. The molecule has 0 aliphatic heterocycles. The number of terminal acetylenes is 1. The topological polar surface area (TPSA) is 29.1 Å². The van der Waals surface area contributed by atoms with Crippen LogP contribution in [0.5, 0.6) is 0 Å². The van der Waals surface area contributed by atoms with Gasteiger partial charge in [0.2, 0.25) is 0 Å². The first-order valence-electron chi connectivity index (χ1n) is 5.32. The summed E-state index contributed by atoms with van der Waals surface area (Å²) in [5, 5.41) is 3.44. The molecule has 1 N–H and O–H groups in total. The lowest BCUT2D eigenvalue weighted by atomic mass is 10.2. The van der Waals surface area contributed by atoms with Crippen LogP contribution in [-0.2, 0) is 0 Å². The van der Waals surface area contributed by atoms with Gasteiger partial charge in [-0.25, -0.2) is 0 Å². The highest BCUT2D eigenvalue weighted by Crippen LogP contribution is 2.21. The maximum absolute atomic E-state index is 11.8. The molecule has 0 saturated heterocycles. The normalized spacial score (nSPS) is 9.71. The molecular formula is C13H13BrClNO. The number of rotatable bonds is 5. The maximum Gasteiger partial charge on any atom is 0.252 e. The second-order valence-corrected chi connectivity index (χ2v) is 4.83. The monoisotopic (exact) mass is 313 g/mol. The van der Waals surface area contributed by atoms with Gasteiger partial charge in [0.15, 0.2) is 0 Å². The maximum atomic E-state index is 11.8. The van der Waals surface area contributed by atoms with E-state index >= 15 is 0 Å². The Morgan fingerprint density at radius 2 is 2.24 bits per heavy atom. The van der Waals surface area contributed by atoms with Crippen molar-refractivity contribution in [1.29, 1.82) is 0 Å². The van der Waals surface area contributed by atoms with Crippen LogP contribution in [0.25, 0.3) is 0 Å². The predicted octanol–water partition coefficient (Wildman–Crippen LogP) is 3.64. The zero-order chi connectivity index (χ0) is 12.7. The Kier molecular flexibility index (Phi) is 6.10. The summed E-state index contributed by atoms with van der Waals surface area (Å²) in [6.45, 7) is 0.635. The fraction of sp³-hybridized carbons (Fsp3) is 0.308. The van der Waals surface area contributed by atoms with Gasteiger partial charge in [-0.3, -0.25) is 4.79 Å². The molecule has 0 atom stereocenters. The van der Waals surface area contributed by atoms with Crippen molar-refractivity contribution in [1.82, 2.24) is 5.32 Å². The summed E-state index contributed by atoms with van der Waals surface area (Å²) in [7, 11) is 0. The van der Waals surface area contributed by atoms with Gasteiger partial charge in [-0.05, 0) is 47.0 Å². The molecule has 1 aromatic rings. The van der Waals surface area contributed by atoms with Crippen molar-refractivity contribution >= 4 is 33.4 Å². The minimum atomic E-state index is -0.103. The number of amides is 1. The third kappa shape index (κ3) is 4.80. The molecule has 0 spiro atoms. The van der Waals surface area contributed by atoms with Crippen molar-refractivity contribution in [3.63, 3.8) is 0 Å². The summed E-state index contributed by atoms with van der Waals surface area (Å²) in [5.74, 6) is 2.47. The van der Waals surface area contributed by atoms with Gasteiger partial charge in [0.05, 0.1) is 5.56 Å². The van der Waals surface area contributed by atoms with Crippen LogP contribution < -0.4 is 5.32 Å². The molecule has 0 unspecified atom stereocenters. The van der Waals surface area contributed by atoms with E-state index in [1.807, 2.05) is 0 Å². The summed E-state index contributed by atoms with van der Waals surface area (Å²) < 4.78 is 0.700. The molecule has 0 aliphatic carbocycles. The van der Waals surface area contributed by atoms with E-state index in [0.29, 0.717) is 21.6 Å². The van der Waals surface area contributed by atoms with Gasteiger partial charge < -0.3 is 5.32 Å². The molecule has 0 saturated carbocycles. The Labute approximate surface area is 115 Å². The van der Waals surface area contributed by atoms with Gasteiger partial charge in [0.25, 0.3) is 5.91 Å². The predicted molar refractivity (Wildman–Crippen MR) is 74.2 cm³/mol. The van der Waals surface area contributed by atoms with Crippen LogP contribution in [0.1, 0.15) is 29.6 Å². The molecule has 1 aromatic carbocycles. The number of unbranched alkanes of at least 4 members (excludes halogenated alkanes) is 2. The Morgan fingerprint density at radius 3 is 2.88 bits per heavy atom. The van der Waals surface area contributed by atoms with Gasteiger partial charge in [0, 0.05) is 22.5 Å². The SMILES string of the molecule is C#CCCCCNC(=O)c1ccc(Cl)cc1Br. The van der Waals surface area contributed by atoms with Gasteiger partial charge in [-0.2, -0.15) is 0 Å². The number of carbonyl (C=O) groups is 1. The number of halogens is 2. The minimum absolute atomic E-state index is 0.103. The Hall–Kier alpha value is -0.980. The second-order valence-electron chi connectivity index (χ2n) is 3.54. The molecule has 0 aliphatic rings. The van der Waals surface area contributed by atoms with Crippen LogP contribution in [0.4, 0.5) is 0 Å². The molecule has 0 bridgehead atoms. The first kappa shape index (κ1) is 14.1. The summed E-state index contributed by atoms with van der Waals surface area (Å²) in [6.07, 6.45) is 7.71. The highest BCUT2D eigenvalue weighted by atomic mass is 79.9. The Bertz CT molecular complexity index is 440. The standard InChI is InChI=1S/C13H13BrClNO/c1-2-3-4-5-8-16-13(17)11-7-6-10(15)9-12(11)14/h1,6-7,9H,3-5,8H2,(H,16,17). The fourth-order valence-corrected chi connectivity index (χ4v) is 2.19. The second kappa shape index (κ2) is 7.37. The van der Waals surface area contributed by atoms with Gasteiger partial charge in [-0.1, -0.05) is 11.6 Å². The first-order valence-corrected chi connectivity index (χ1v) is 6.49. The quantitative estimate of drug-likeness (QED) is 0.652. The van der Waals surface area contributed by atoms with Gasteiger partial charge in [0.1, 0.15) is 0 Å². The van der Waals surface area contributed by atoms with Gasteiger partial charge >= 0.3 is 0 Å². The van der Waals surface area contributed by atoms with Crippen LogP contribution in [0.3, 0.4) is 0 Å². The van der Waals surface area contributed by atoms with Crippen LogP contribution in [0.2, 0.25) is 5.02 Å². The van der Waals surface area contributed by atoms with Crippen molar-refractivity contribution in [2.24, 2.45) is 0 Å². The number of hydrogen-bond acceptors (Lipinski definition) is 1. The minimum Gasteiger partial charge on any atom is -0.352 e. The first-order chi connectivity index (χ1) is 8.15.